The molecule has 0 fully saturated rings. The van der Waals surface area contributed by atoms with Crippen molar-refractivity contribution >= 4 is 11.0 Å². The van der Waals surface area contributed by atoms with Gasteiger partial charge in [-0.15, -0.1) is 0 Å². The Morgan fingerprint density at radius 2 is 2.08 bits per heavy atom. The third kappa shape index (κ3) is 1.26. The van der Waals surface area contributed by atoms with Gasteiger partial charge in [0.2, 0.25) is 0 Å². The second kappa shape index (κ2) is 2.76. The van der Waals surface area contributed by atoms with Crippen LogP contribution in [0.1, 0.15) is 12.0 Å². The lowest BCUT2D eigenvalue weighted by molar-refractivity contribution is 0.152. The van der Waals surface area contributed by atoms with E-state index in [9.17, 15) is 13.2 Å². The number of hydrogen-bond donors (Lipinski definition) is 1. The minimum Gasteiger partial charge on any atom is -0.344 e. The lowest BCUT2D eigenvalue weighted by Crippen LogP contribution is -1.88. The quantitative estimate of drug-likeness (QED) is 0.728. The zero-order valence-electron chi connectivity index (χ0n) is 6.39. The molecule has 0 aliphatic heterocycles. The Morgan fingerprint density at radius 3 is 2.77 bits per heavy atom. The van der Waals surface area contributed by atoms with Gasteiger partial charge in [0.05, 0.1) is 17.4 Å². The van der Waals surface area contributed by atoms with Gasteiger partial charge in [-0.2, -0.15) is 0 Å². The molecule has 0 amide bonds. The normalized spacial score (nSPS) is 11.4. The van der Waals surface area contributed by atoms with E-state index in [0.29, 0.717) is 0 Å². The van der Waals surface area contributed by atoms with Gasteiger partial charge < -0.3 is 4.98 Å². The van der Waals surface area contributed by atoms with Crippen LogP contribution in [-0.4, -0.2) is 9.97 Å². The van der Waals surface area contributed by atoms with Crippen LogP contribution in [-0.2, 0) is 0 Å². The molecule has 1 aromatic carbocycles. The molecule has 0 unspecified atom stereocenters. The Hall–Kier alpha value is -1.52. The van der Waals surface area contributed by atoms with Gasteiger partial charge in [0.25, 0.3) is 6.43 Å². The van der Waals surface area contributed by atoms with Crippen LogP contribution in [0.15, 0.2) is 18.5 Å². The highest BCUT2D eigenvalue weighted by atomic mass is 19.3. The van der Waals surface area contributed by atoms with E-state index >= 15 is 0 Å². The number of nitrogens with zero attached hydrogens (tertiary/aromatic N) is 1. The van der Waals surface area contributed by atoms with Crippen LogP contribution in [0.4, 0.5) is 13.2 Å². The molecular formula is C8H5F3N2. The molecule has 1 heterocycles. The number of imidazole rings is 1. The molecule has 2 rings (SSSR count). The molecular weight excluding hydrogens is 181 g/mol. The molecule has 0 bridgehead atoms. The molecule has 5 heteroatoms. The predicted octanol–water partition coefficient (Wildman–Crippen LogP) is 2.64. The highest BCUT2D eigenvalue weighted by Gasteiger charge is 2.14. The van der Waals surface area contributed by atoms with E-state index in [1.807, 2.05) is 0 Å². The molecule has 0 saturated heterocycles. The highest BCUT2D eigenvalue weighted by molar-refractivity contribution is 5.78. The zero-order chi connectivity index (χ0) is 9.42. The van der Waals surface area contributed by atoms with Crippen LogP contribution in [0.25, 0.3) is 11.0 Å². The van der Waals surface area contributed by atoms with Crippen molar-refractivity contribution in [3.8, 4) is 0 Å². The first-order chi connectivity index (χ1) is 6.18. The molecule has 68 valence electrons. The van der Waals surface area contributed by atoms with E-state index in [1.165, 1.54) is 6.33 Å². The van der Waals surface area contributed by atoms with E-state index in [2.05, 4.69) is 9.97 Å². The summed E-state index contributed by atoms with van der Waals surface area (Å²) in [4.78, 5) is 6.25. The van der Waals surface area contributed by atoms with E-state index in [0.717, 1.165) is 12.1 Å². The van der Waals surface area contributed by atoms with Crippen LogP contribution < -0.4 is 0 Å². The molecule has 0 aliphatic carbocycles. The van der Waals surface area contributed by atoms with Gasteiger partial charge >= 0.3 is 0 Å². The fourth-order valence-electron chi connectivity index (χ4n) is 1.21. The van der Waals surface area contributed by atoms with E-state index < -0.39 is 12.2 Å². The average Bonchev–Trinajstić information content (AvgIpc) is 2.49. The Balaban J connectivity index is 2.77. The van der Waals surface area contributed by atoms with Crippen molar-refractivity contribution in [2.24, 2.45) is 0 Å². The lowest BCUT2D eigenvalue weighted by Gasteiger charge is -2.00. The zero-order valence-corrected chi connectivity index (χ0v) is 6.39. The minimum absolute atomic E-state index is 0.122. The number of alkyl halides is 2. The summed E-state index contributed by atoms with van der Waals surface area (Å²) in [6.45, 7) is 0. The van der Waals surface area contributed by atoms with E-state index in [4.69, 9.17) is 0 Å². The lowest BCUT2D eigenvalue weighted by atomic mass is 10.2. The van der Waals surface area contributed by atoms with Crippen LogP contribution >= 0.6 is 0 Å². The van der Waals surface area contributed by atoms with Gasteiger partial charge in [-0.3, -0.25) is 0 Å². The maximum Gasteiger partial charge on any atom is 0.266 e. The number of nitrogens with one attached hydrogen (secondary N) is 1. The number of hydrogen-bond acceptors (Lipinski definition) is 1. The molecule has 0 aliphatic rings. The second-order valence-electron chi connectivity index (χ2n) is 2.59. The fourth-order valence-corrected chi connectivity index (χ4v) is 1.21. The highest BCUT2D eigenvalue weighted by Crippen LogP contribution is 2.26. The number of halogens is 3. The minimum atomic E-state index is -2.71. The number of H-pyrrole nitrogens is 1. The first-order valence-corrected chi connectivity index (χ1v) is 3.59. The summed E-state index contributed by atoms with van der Waals surface area (Å²) < 4.78 is 37.4. The number of aromatic nitrogens is 2. The Labute approximate surface area is 71.4 Å². The number of fused-ring (bicyclic) bond motifs is 1. The summed E-state index contributed by atoms with van der Waals surface area (Å²) in [5.74, 6) is -0.688. The molecule has 0 spiro atoms. The van der Waals surface area contributed by atoms with Crippen LogP contribution in [0.5, 0.6) is 0 Å². The van der Waals surface area contributed by atoms with Crippen molar-refractivity contribution in [1.82, 2.24) is 9.97 Å². The molecule has 13 heavy (non-hydrogen) atoms. The number of benzene rings is 1. The molecule has 1 N–H and O–H groups in total. The predicted molar refractivity (Wildman–Crippen MR) is 41.0 cm³/mol. The largest absolute Gasteiger partial charge is 0.344 e. The third-order valence-electron chi connectivity index (χ3n) is 1.75. The van der Waals surface area contributed by atoms with Gasteiger partial charge in [-0.25, -0.2) is 18.2 Å². The maximum absolute atomic E-state index is 12.8. The summed E-state index contributed by atoms with van der Waals surface area (Å²) in [5, 5.41) is 0. The van der Waals surface area contributed by atoms with Crippen molar-refractivity contribution in [2.45, 2.75) is 6.43 Å². The van der Waals surface area contributed by atoms with Crippen molar-refractivity contribution in [3.63, 3.8) is 0 Å². The van der Waals surface area contributed by atoms with Crippen LogP contribution in [0, 0.1) is 5.82 Å². The SMILES string of the molecule is Fc1cc(C(F)F)c2nc[nH]c2c1. The fraction of sp³-hybridized carbons (Fsp3) is 0.125. The molecule has 0 saturated carbocycles. The van der Waals surface area contributed by atoms with E-state index in [-0.39, 0.29) is 16.6 Å². The molecule has 0 radical (unpaired) electrons. The Morgan fingerprint density at radius 1 is 1.31 bits per heavy atom. The first-order valence-electron chi connectivity index (χ1n) is 3.59. The van der Waals surface area contributed by atoms with Gasteiger partial charge in [0, 0.05) is 5.56 Å². The van der Waals surface area contributed by atoms with Gasteiger partial charge in [-0.1, -0.05) is 0 Å². The second-order valence-corrected chi connectivity index (χ2v) is 2.59. The molecule has 0 atom stereocenters. The molecule has 2 nitrogen and oxygen atoms in total. The number of aromatic amines is 1. The summed E-state index contributed by atoms with van der Waals surface area (Å²) in [5.41, 5.74) is 0.0305. The van der Waals surface area contributed by atoms with Crippen molar-refractivity contribution in [2.75, 3.05) is 0 Å². The topological polar surface area (TPSA) is 28.7 Å². The van der Waals surface area contributed by atoms with Crippen molar-refractivity contribution in [3.05, 3.63) is 29.8 Å². The summed E-state index contributed by atoms with van der Waals surface area (Å²) >= 11 is 0. The monoisotopic (exact) mass is 186 g/mol. The van der Waals surface area contributed by atoms with Crippen LogP contribution in [0.2, 0.25) is 0 Å². The van der Waals surface area contributed by atoms with E-state index in [1.54, 1.807) is 0 Å². The maximum atomic E-state index is 12.8. The van der Waals surface area contributed by atoms with Crippen molar-refractivity contribution in [1.29, 1.82) is 0 Å². The third-order valence-corrected chi connectivity index (χ3v) is 1.75. The molecule has 1 aromatic heterocycles. The summed E-state index contributed by atoms with van der Waals surface area (Å²) in [7, 11) is 0. The van der Waals surface area contributed by atoms with Crippen molar-refractivity contribution < 1.29 is 13.2 Å². The summed E-state index contributed by atoms with van der Waals surface area (Å²) in [6.07, 6.45) is -1.45. The standard InChI is InChI=1S/C8H5F3N2/c9-4-1-5(8(10)11)7-6(2-4)12-3-13-7/h1-3,8H,(H,12,13). The van der Waals surface area contributed by atoms with Gasteiger partial charge in [0.15, 0.2) is 0 Å². The van der Waals surface area contributed by atoms with Crippen LogP contribution in [0.3, 0.4) is 0 Å². The average molecular weight is 186 g/mol. The molecule has 2 aromatic rings. The van der Waals surface area contributed by atoms with Gasteiger partial charge in [0.1, 0.15) is 5.82 Å². The summed E-state index contributed by atoms with van der Waals surface area (Å²) in [6, 6.07) is 1.93. The smallest absolute Gasteiger partial charge is 0.266 e. The number of rotatable bonds is 1. The van der Waals surface area contributed by atoms with Gasteiger partial charge in [-0.05, 0) is 12.1 Å². The Kier molecular flexibility index (Phi) is 1.72. The first kappa shape index (κ1) is 8.10. The Bertz CT molecular complexity index is 436.